The molecule has 1 aliphatic rings. The molecule has 2 unspecified atom stereocenters. The number of pyridine rings is 1. The number of hydrogen-bond donors (Lipinski definition) is 4. The number of benzene rings is 2. The predicted molar refractivity (Wildman–Crippen MR) is 122 cm³/mol. The van der Waals surface area contributed by atoms with Crippen LogP contribution in [-0.2, 0) is 17.9 Å². The maximum Gasteiger partial charge on any atom is 0.407 e. The summed E-state index contributed by atoms with van der Waals surface area (Å²) in [7, 11) is 0. The molecule has 1 fully saturated rings. The number of carbonyl (C=O) groups excluding carboxylic acids is 2. The van der Waals surface area contributed by atoms with Crippen molar-refractivity contribution < 1.29 is 14.3 Å². The number of amides is 2. The monoisotopic (exact) mass is 431 g/mol. The van der Waals surface area contributed by atoms with Crippen molar-refractivity contribution in [2.24, 2.45) is 5.73 Å². The largest absolute Gasteiger partial charge is 0.445 e. The summed E-state index contributed by atoms with van der Waals surface area (Å²) in [5.74, 6) is 0.0901. The van der Waals surface area contributed by atoms with E-state index in [0.717, 1.165) is 23.2 Å². The predicted octanol–water partition coefficient (Wildman–Crippen LogP) is 3.16. The van der Waals surface area contributed by atoms with Crippen molar-refractivity contribution in [1.82, 2.24) is 10.3 Å². The van der Waals surface area contributed by atoms with Gasteiger partial charge in [-0.05, 0) is 42.3 Å². The molecule has 8 nitrogen and oxygen atoms in total. The van der Waals surface area contributed by atoms with Crippen molar-refractivity contribution in [3.63, 3.8) is 0 Å². The summed E-state index contributed by atoms with van der Waals surface area (Å²) >= 11 is 0. The van der Waals surface area contributed by atoms with Gasteiger partial charge in [0.15, 0.2) is 0 Å². The lowest BCUT2D eigenvalue weighted by Crippen LogP contribution is -2.23. The molecule has 1 heterocycles. The number of rotatable bonds is 7. The summed E-state index contributed by atoms with van der Waals surface area (Å²) in [5.41, 5.74) is 15.9. The minimum absolute atomic E-state index is 0.136. The highest BCUT2D eigenvalue weighted by atomic mass is 16.5. The SMILES string of the molecule is Nc1ccccc1NC(=O)c1ccc(CNC(=O)OCc2ccc(C3CC3N)nc2)cc1. The van der Waals surface area contributed by atoms with Gasteiger partial charge in [-0.3, -0.25) is 9.78 Å². The van der Waals surface area contributed by atoms with E-state index in [9.17, 15) is 9.59 Å². The molecule has 1 aromatic heterocycles. The third kappa shape index (κ3) is 5.41. The van der Waals surface area contributed by atoms with Crippen molar-refractivity contribution in [2.75, 3.05) is 11.1 Å². The van der Waals surface area contributed by atoms with Gasteiger partial charge < -0.3 is 26.8 Å². The Balaban J connectivity index is 1.22. The van der Waals surface area contributed by atoms with Gasteiger partial charge in [-0.1, -0.05) is 30.3 Å². The molecule has 1 aliphatic carbocycles. The van der Waals surface area contributed by atoms with Crippen LogP contribution in [0.25, 0.3) is 0 Å². The smallest absolute Gasteiger partial charge is 0.407 e. The van der Waals surface area contributed by atoms with E-state index in [1.165, 1.54) is 0 Å². The van der Waals surface area contributed by atoms with Gasteiger partial charge in [-0.15, -0.1) is 0 Å². The Hall–Kier alpha value is -3.91. The van der Waals surface area contributed by atoms with Crippen LogP contribution in [0, 0.1) is 0 Å². The number of aromatic nitrogens is 1. The van der Waals surface area contributed by atoms with E-state index in [4.69, 9.17) is 16.2 Å². The number of alkyl carbamates (subject to hydrolysis) is 1. The Morgan fingerprint density at radius 2 is 1.75 bits per heavy atom. The number of para-hydroxylation sites is 2. The van der Waals surface area contributed by atoms with Crippen LogP contribution in [0.1, 0.15) is 39.5 Å². The molecule has 2 atom stereocenters. The lowest BCUT2D eigenvalue weighted by molar-refractivity contribution is 0.102. The fraction of sp³-hybridized carbons (Fsp3) is 0.208. The zero-order valence-electron chi connectivity index (χ0n) is 17.5. The zero-order chi connectivity index (χ0) is 22.5. The lowest BCUT2D eigenvalue weighted by atomic mass is 10.1. The maximum absolute atomic E-state index is 12.4. The molecule has 4 rings (SSSR count). The van der Waals surface area contributed by atoms with E-state index in [-0.39, 0.29) is 25.1 Å². The van der Waals surface area contributed by atoms with E-state index in [1.54, 1.807) is 54.7 Å². The van der Waals surface area contributed by atoms with Crippen molar-refractivity contribution >= 4 is 23.4 Å². The van der Waals surface area contributed by atoms with Gasteiger partial charge in [0.1, 0.15) is 6.61 Å². The Morgan fingerprint density at radius 1 is 1.03 bits per heavy atom. The summed E-state index contributed by atoms with van der Waals surface area (Å²) < 4.78 is 5.24. The van der Waals surface area contributed by atoms with Crippen molar-refractivity contribution in [1.29, 1.82) is 0 Å². The van der Waals surface area contributed by atoms with Crippen molar-refractivity contribution in [3.8, 4) is 0 Å². The first-order valence-corrected chi connectivity index (χ1v) is 10.4. The number of carbonyl (C=O) groups is 2. The number of hydrogen-bond acceptors (Lipinski definition) is 6. The van der Waals surface area contributed by atoms with Crippen LogP contribution in [0.3, 0.4) is 0 Å². The summed E-state index contributed by atoms with van der Waals surface area (Å²) in [4.78, 5) is 28.7. The average molecular weight is 431 g/mol. The molecule has 8 heteroatoms. The Bertz CT molecular complexity index is 1100. The van der Waals surface area contributed by atoms with Crippen LogP contribution in [0.2, 0.25) is 0 Å². The first-order chi connectivity index (χ1) is 15.5. The second kappa shape index (κ2) is 9.49. The summed E-state index contributed by atoms with van der Waals surface area (Å²) in [6, 6.07) is 18.0. The summed E-state index contributed by atoms with van der Waals surface area (Å²) in [6.45, 7) is 0.417. The second-order valence-electron chi connectivity index (χ2n) is 7.77. The van der Waals surface area contributed by atoms with Crippen molar-refractivity contribution in [3.05, 3.63) is 89.2 Å². The number of nitrogen functional groups attached to an aromatic ring is 1. The summed E-state index contributed by atoms with van der Waals surface area (Å²) in [5, 5.41) is 5.47. The van der Waals surface area contributed by atoms with Crippen LogP contribution in [0.4, 0.5) is 16.2 Å². The number of anilines is 2. The molecule has 0 radical (unpaired) electrons. The van der Waals surface area contributed by atoms with E-state index >= 15 is 0 Å². The first kappa shape index (κ1) is 21.3. The van der Waals surface area contributed by atoms with Crippen LogP contribution < -0.4 is 22.1 Å². The minimum Gasteiger partial charge on any atom is -0.445 e. The average Bonchev–Trinajstić information content (AvgIpc) is 3.55. The lowest BCUT2D eigenvalue weighted by Gasteiger charge is -2.09. The molecule has 0 saturated heterocycles. The Morgan fingerprint density at radius 3 is 2.41 bits per heavy atom. The molecule has 0 spiro atoms. The van der Waals surface area contributed by atoms with Gasteiger partial charge in [-0.25, -0.2) is 4.79 Å². The Kier molecular flexibility index (Phi) is 6.32. The topological polar surface area (TPSA) is 132 Å². The van der Waals surface area contributed by atoms with E-state index in [2.05, 4.69) is 15.6 Å². The molecule has 3 aromatic rings. The van der Waals surface area contributed by atoms with E-state index < -0.39 is 6.09 Å². The molecule has 6 N–H and O–H groups in total. The van der Waals surface area contributed by atoms with Crippen LogP contribution >= 0.6 is 0 Å². The van der Waals surface area contributed by atoms with Crippen LogP contribution in [0.5, 0.6) is 0 Å². The Labute approximate surface area is 186 Å². The molecule has 0 bridgehead atoms. The number of nitrogens with two attached hydrogens (primary N) is 2. The fourth-order valence-electron chi connectivity index (χ4n) is 3.25. The summed E-state index contributed by atoms with van der Waals surface area (Å²) in [6.07, 6.45) is 2.15. The van der Waals surface area contributed by atoms with Crippen LogP contribution in [-0.4, -0.2) is 23.0 Å². The fourth-order valence-corrected chi connectivity index (χ4v) is 3.25. The highest BCUT2D eigenvalue weighted by Gasteiger charge is 2.35. The van der Waals surface area contributed by atoms with Gasteiger partial charge in [0.2, 0.25) is 0 Å². The van der Waals surface area contributed by atoms with Crippen molar-refractivity contribution in [2.45, 2.75) is 31.5 Å². The molecular weight excluding hydrogens is 406 g/mol. The highest BCUT2D eigenvalue weighted by Crippen LogP contribution is 2.37. The van der Waals surface area contributed by atoms with E-state index in [1.807, 2.05) is 12.1 Å². The standard InChI is InChI=1S/C24H25N5O3/c25-19-3-1-2-4-22(19)29-23(30)17-8-5-15(6-9-17)12-28-24(31)32-14-16-7-10-21(27-13-16)18-11-20(18)26/h1-10,13,18,20H,11-12,14,25-26H2,(H,28,31)(H,29,30). The maximum atomic E-state index is 12.4. The molecule has 1 saturated carbocycles. The minimum atomic E-state index is -0.528. The van der Waals surface area contributed by atoms with Crippen LogP contribution in [0.15, 0.2) is 66.9 Å². The third-order valence-electron chi connectivity index (χ3n) is 5.30. The zero-order valence-corrected chi connectivity index (χ0v) is 17.5. The quantitative estimate of drug-likeness (QED) is 0.425. The van der Waals surface area contributed by atoms with E-state index in [0.29, 0.717) is 22.9 Å². The van der Waals surface area contributed by atoms with Gasteiger partial charge in [-0.2, -0.15) is 0 Å². The van der Waals surface area contributed by atoms with Gasteiger partial charge in [0.05, 0.1) is 11.4 Å². The number of nitrogens with one attached hydrogen (secondary N) is 2. The molecular formula is C24H25N5O3. The number of ether oxygens (including phenoxy) is 1. The normalized spacial score (nSPS) is 16.8. The highest BCUT2D eigenvalue weighted by molar-refractivity contribution is 6.05. The first-order valence-electron chi connectivity index (χ1n) is 10.4. The molecule has 2 aromatic carbocycles. The molecule has 2 amide bonds. The van der Waals surface area contributed by atoms with Gasteiger partial charge in [0, 0.05) is 41.5 Å². The van der Waals surface area contributed by atoms with Gasteiger partial charge >= 0.3 is 6.09 Å². The second-order valence-corrected chi connectivity index (χ2v) is 7.77. The molecule has 0 aliphatic heterocycles. The molecule has 164 valence electrons. The number of nitrogens with zero attached hydrogens (tertiary/aromatic N) is 1. The molecule has 32 heavy (non-hydrogen) atoms. The third-order valence-corrected chi connectivity index (χ3v) is 5.30. The van der Waals surface area contributed by atoms with Gasteiger partial charge in [0.25, 0.3) is 5.91 Å².